The maximum Gasteiger partial charge on any atom is 0.335 e. The number of hydrogen-bond donors (Lipinski definition) is 17. The van der Waals surface area contributed by atoms with E-state index in [4.69, 9.17) is 5.73 Å². The Kier molecular flexibility index (Phi) is 32.0. The number of hydrogen-bond acceptors (Lipinski definition) is 19. The Labute approximate surface area is 443 Å². The summed E-state index contributed by atoms with van der Waals surface area (Å²) in [5.41, 5.74) is 4.70. The van der Waals surface area contributed by atoms with Gasteiger partial charge in [-0.25, -0.2) is 14.9 Å². The fourth-order valence-corrected chi connectivity index (χ4v) is 7.38. The predicted molar refractivity (Wildman–Crippen MR) is 263 cm³/mol. The number of carboxylic acids is 1. The largest absolute Gasteiger partial charge is 0.479 e. The van der Waals surface area contributed by atoms with E-state index in [2.05, 4.69) is 38.8 Å². The smallest absolute Gasteiger partial charge is 0.335 e. The van der Waals surface area contributed by atoms with E-state index >= 15 is 0 Å². The van der Waals surface area contributed by atoms with E-state index in [0.29, 0.717) is 17.9 Å². The lowest BCUT2D eigenvalue weighted by Crippen LogP contribution is -2.62. The molecule has 1 aliphatic rings. The quantitative estimate of drug-likeness (QED) is 0.0119. The molecule has 1 saturated heterocycles. The number of nitrogens with one attached hydrogen (secondary N) is 8. The molecule has 1 rings (SSSR count). The predicted octanol–water partition coefficient (Wildman–Crippen LogP) is -5.99. The molecule has 1 heterocycles. The van der Waals surface area contributed by atoms with Gasteiger partial charge >= 0.3 is 5.97 Å². The molecule has 0 bridgehead atoms. The summed E-state index contributed by atoms with van der Waals surface area (Å²) in [5.74, 6) is -14.5. The molecule has 0 aromatic carbocycles. The molecule has 0 radical (unpaired) electrons. The number of allylic oxidation sites excluding steroid dienone is 1. The van der Waals surface area contributed by atoms with E-state index in [1.807, 2.05) is 10.6 Å². The summed E-state index contributed by atoms with van der Waals surface area (Å²) in [6.45, 7) is 0.533. The lowest BCUT2D eigenvalue weighted by Gasteiger charge is -2.29. The Bertz CT molecular complexity index is 2060. The minimum absolute atomic E-state index is 0.0184. The van der Waals surface area contributed by atoms with Gasteiger partial charge in [-0.15, -0.1) is 0 Å². The van der Waals surface area contributed by atoms with Crippen LogP contribution in [0.2, 0.25) is 0 Å². The molecule has 0 aliphatic carbocycles. The van der Waals surface area contributed by atoms with E-state index in [1.54, 1.807) is 0 Å². The van der Waals surface area contributed by atoms with Gasteiger partial charge in [0.05, 0.1) is 32.3 Å². The Hall–Kier alpha value is -6.90. The van der Waals surface area contributed by atoms with Crippen molar-refractivity contribution in [2.75, 3.05) is 32.9 Å². The van der Waals surface area contributed by atoms with Crippen LogP contribution in [0.25, 0.3) is 0 Å². The molecule has 1 fully saturated rings. The lowest BCUT2D eigenvalue weighted by molar-refractivity contribution is -0.173. The molecule has 18 N–H and O–H groups in total. The topological polar surface area (TPSA) is 495 Å². The van der Waals surface area contributed by atoms with E-state index in [-0.39, 0.29) is 30.9 Å². The highest BCUT2D eigenvalue weighted by molar-refractivity contribution is 6.02. The lowest BCUT2D eigenvalue weighted by atomic mass is 10.0. The number of carbonyl (C=O) groups excluding carboxylic acids is 11. The van der Waals surface area contributed by atoms with E-state index < -0.39 is 183 Å². The van der Waals surface area contributed by atoms with Crippen molar-refractivity contribution >= 4 is 70.9 Å². The summed E-state index contributed by atoms with van der Waals surface area (Å²) in [6.07, 6.45) is 1.93. The van der Waals surface area contributed by atoms with Gasteiger partial charge in [-0.2, -0.15) is 0 Å². The molecule has 436 valence electrons. The standard InChI is InChI=1S/C46H77N11O20/c1-4-6-7-8-9-10-11-14-26(62)21-35(64)55-36(37(65)46(74)75)44(72)54-33(24-60)42(70)50-29(17-18-34(47)63)40(68)53-31(22-58)41(69)49-28(15-12-19-56(76)25(3)61)39(67)48-27(5-2)38(66)52-32(23-59)43(71)51-30-16-13-20-57(77)45(30)73/h5,26,28-33,36-37,58-60,62,65,76-77H,4,6-24H2,1-3H3,(H2,47,63)(H,48,67)(H,49,69)(H,50,70)(H,51,71)(H,52,66)(H,53,68)(H,54,72)(H,55,64)(H,74,75)/b27-5+/t26-,28-,29-,30+,31-,32+,33+,36+,37+/m0/s1. The molecule has 11 amide bonds. The third-order valence-electron chi connectivity index (χ3n) is 11.9. The van der Waals surface area contributed by atoms with Crippen LogP contribution < -0.4 is 48.3 Å². The second-order valence-corrected chi connectivity index (χ2v) is 18.1. The Morgan fingerprint density at radius 1 is 0.701 bits per heavy atom. The molecular weight excluding hydrogens is 1030 g/mol. The van der Waals surface area contributed by atoms with Crippen molar-refractivity contribution in [3.8, 4) is 0 Å². The number of piperidine rings is 1. The average molecular weight is 1100 g/mol. The number of nitrogens with two attached hydrogens (primary N) is 1. The molecule has 0 aromatic heterocycles. The number of rotatable bonds is 37. The second-order valence-electron chi connectivity index (χ2n) is 18.1. The number of nitrogens with zero attached hydrogens (tertiary/aromatic N) is 2. The van der Waals surface area contributed by atoms with Gasteiger partial charge in [0.25, 0.3) is 11.8 Å². The first kappa shape index (κ1) is 68.1. The first-order valence-electron chi connectivity index (χ1n) is 25.1. The van der Waals surface area contributed by atoms with Crippen molar-refractivity contribution in [1.82, 2.24) is 52.7 Å². The summed E-state index contributed by atoms with van der Waals surface area (Å²) in [5, 5.41) is 97.8. The van der Waals surface area contributed by atoms with Crippen LogP contribution in [0.3, 0.4) is 0 Å². The molecule has 1 aliphatic heterocycles. The number of aliphatic hydroxyl groups is 5. The molecule has 0 aromatic rings. The van der Waals surface area contributed by atoms with Crippen molar-refractivity contribution in [2.24, 2.45) is 5.73 Å². The molecule has 9 atom stereocenters. The molecule has 0 spiro atoms. The molecule has 31 heteroatoms. The number of hydroxylamine groups is 4. The Morgan fingerprint density at radius 3 is 1.75 bits per heavy atom. The normalized spacial score (nSPS) is 16.6. The monoisotopic (exact) mass is 1100 g/mol. The van der Waals surface area contributed by atoms with Crippen LogP contribution >= 0.6 is 0 Å². The second kappa shape index (κ2) is 36.2. The number of unbranched alkanes of at least 4 members (excludes halogenated alkanes) is 6. The van der Waals surface area contributed by atoms with E-state index in [0.717, 1.165) is 51.5 Å². The minimum atomic E-state index is -2.61. The van der Waals surface area contributed by atoms with Gasteiger partial charge in [0.15, 0.2) is 6.10 Å². The zero-order valence-corrected chi connectivity index (χ0v) is 43.4. The molecule has 0 unspecified atom stereocenters. The van der Waals surface area contributed by atoms with Crippen LogP contribution in [-0.2, 0) is 57.5 Å². The summed E-state index contributed by atoms with van der Waals surface area (Å²) < 4.78 is 0. The zero-order valence-electron chi connectivity index (χ0n) is 43.4. The van der Waals surface area contributed by atoms with Gasteiger partial charge in [0.1, 0.15) is 48.0 Å². The highest BCUT2D eigenvalue weighted by Gasteiger charge is 2.38. The van der Waals surface area contributed by atoms with Crippen LogP contribution in [0.15, 0.2) is 11.8 Å². The van der Waals surface area contributed by atoms with Gasteiger partial charge in [-0.1, -0.05) is 57.9 Å². The van der Waals surface area contributed by atoms with Gasteiger partial charge < -0.3 is 78.9 Å². The summed E-state index contributed by atoms with van der Waals surface area (Å²) in [6, 6.07) is -12.8. The van der Waals surface area contributed by atoms with Gasteiger partial charge in [-0.3, -0.25) is 63.2 Å². The van der Waals surface area contributed by atoms with Gasteiger partial charge in [0.2, 0.25) is 53.2 Å². The molecule has 31 nitrogen and oxygen atoms in total. The summed E-state index contributed by atoms with van der Waals surface area (Å²) >= 11 is 0. The van der Waals surface area contributed by atoms with Crippen molar-refractivity contribution < 1.29 is 98.6 Å². The minimum Gasteiger partial charge on any atom is -0.479 e. The van der Waals surface area contributed by atoms with Crippen LogP contribution in [-0.4, -0.2) is 210 Å². The fourth-order valence-electron chi connectivity index (χ4n) is 7.38. The van der Waals surface area contributed by atoms with E-state index in [9.17, 15) is 98.6 Å². The van der Waals surface area contributed by atoms with Crippen LogP contribution in [0.1, 0.15) is 117 Å². The highest BCUT2D eigenvalue weighted by Crippen LogP contribution is 2.13. The number of carbonyl (C=O) groups is 12. The highest BCUT2D eigenvalue weighted by atomic mass is 16.5. The van der Waals surface area contributed by atoms with Crippen molar-refractivity contribution in [3.05, 3.63) is 11.8 Å². The number of primary amides is 1. The third-order valence-corrected chi connectivity index (χ3v) is 11.9. The first-order valence-corrected chi connectivity index (χ1v) is 25.1. The third kappa shape index (κ3) is 25.2. The summed E-state index contributed by atoms with van der Waals surface area (Å²) in [4.78, 5) is 154. The molecule has 0 saturated carbocycles. The number of carboxylic acid groups (broad SMARTS) is 1. The maximum atomic E-state index is 13.7. The van der Waals surface area contributed by atoms with Gasteiger partial charge in [0, 0.05) is 26.4 Å². The Balaban J connectivity index is 3.24. The van der Waals surface area contributed by atoms with Crippen LogP contribution in [0.4, 0.5) is 0 Å². The van der Waals surface area contributed by atoms with Crippen molar-refractivity contribution in [1.29, 1.82) is 0 Å². The Morgan fingerprint density at radius 2 is 1.22 bits per heavy atom. The SMILES string of the molecule is C/C=C(/NC(=O)[C@H](CCCN(O)C(C)=O)NC(=O)[C@H](CO)NC(=O)[C@H](CCC(N)=O)NC(=O)[C@@H](CO)NC(=O)[C@H](NC(=O)C[C@@H](O)CCCCCCCCC)[C@@H](O)C(=O)O)C(=O)N[C@H](CO)C(=O)N[C@@H]1CCCN(O)C1=O. The molecular formula is C46H77N11O20. The number of amides is 11. The first-order chi connectivity index (χ1) is 36.3. The number of aliphatic hydroxyl groups excluding tert-OH is 5. The summed E-state index contributed by atoms with van der Waals surface area (Å²) in [7, 11) is 0. The fraction of sp³-hybridized carbons (Fsp3) is 0.696. The number of aliphatic carboxylic acids is 1. The van der Waals surface area contributed by atoms with Crippen LogP contribution in [0.5, 0.6) is 0 Å². The molecule has 77 heavy (non-hydrogen) atoms. The maximum absolute atomic E-state index is 13.7. The van der Waals surface area contributed by atoms with Gasteiger partial charge in [-0.05, 0) is 45.4 Å². The average Bonchev–Trinajstić information content (AvgIpc) is 3.38. The van der Waals surface area contributed by atoms with Crippen molar-refractivity contribution in [2.45, 2.75) is 172 Å². The van der Waals surface area contributed by atoms with E-state index in [1.165, 1.54) is 6.92 Å². The van der Waals surface area contributed by atoms with Crippen LogP contribution in [0, 0.1) is 0 Å². The van der Waals surface area contributed by atoms with Crippen molar-refractivity contribution in [3.63, 3.8) is 0 Å². The zero-order chi connectivity index (χ0) is 58.4.